The summed E-state index contributed by atoms with van der Waals surface area (Å²) in [4.78, 5) is 32.7. The van der Waals surface area contributed by atoms with Gasteiger partial charge in [-0.3, -0.25) is 14.4 Å². The number of nitrogens with zero attached hydrogens (tertiary/aromatic N) is 2. The summed E-state index contributed by atoms with van der Waals surface area (Å²) < 4.78 is 0. The van der Waals surface area contributed by atoms with Crippen molar-refractivity contribution >= 4 is 17.6 Å². The smallest absolute Gasteiger partial charge is 0.238 e. The molecular weight excluding hydrogens is 160 g/mol. The van der Waals surface area contributed by atoms with Gasteiger partial charge in [-0.2, -0.15) is 0 Å². The maximum absolute atomic E-state index is 10.9. The van der Waals surface area contributed by atoms with E-state index < -0.39 is 0 Å². The van der Waals surface area contributed by atoms with E-state index in [0.717, 1.165) is 10.0 Å². The van der Waals surface area contributed by atoms with Crippen LogP contribution in [-0.2, 0) is 14.4 Å². The zero-order valence-electron chi connectivity index (χ0n) is 7.03. The molecule has 0 bridgehead atoms. The number of amides is 2. The second-order valence-electron chi connectivity index (χ2n) is 2.69. The van der Waals surface area contributed by atoms with Gasteiger partial charge < -0.3 is 0 Å². The van der Waals surface area contributed by atoms with E-state index in [9.17, 15) is 14.4 Å². The molecule has 0 spiro atoms. The van der Waals surface area contributed by atoms with Crippen LogP contribution in [0, 0.1) is 0 Å². The molecule has 0 radical (unpaired) electrons. The van der Waals surface area contributed by atoms with E-state index in [0.29, 0.717) is 0 Å². The number of hydrazine groups is 1. The van der Waals surface area contributed by atoms with Gasteiger partial charge in [0.1, 0.15) is 13.1 Å². The van der Waals surface area contributed by atoms with Crippen molar-refractivity contribution < 1.29 is 14.4 Å². The van der Waals surface area contributed by atoms with Crippen molar-refractivity contribution in [2.75, 3.05) is 13.1 Å². The Morgan fingerprint density at radius 2 is 1.42 bits per heavy atom. The van der Waals surface area contributed by atoms with Crippen LogP contribution in [0.3, 0.4) is 0 Å². The van der Waals surface area contributed by atoms with Crippen LogP contribution in [0.5, 0.6) is 0 Å². The molecule has 2 amide bonds. The van der Waals surface area contributed by atoms with Gasteiger partial charge >= 0.3 is 0 Å². The summed E-state index contributed by atoms with van der Waals surface area (Å²) in [6.07, 6.45) is 0. The fraction of sp³-hybridized carbons (Fsp3) is 0.571. The Hall–Kier alpha value is -1.39. The van der Waals surface area contributed by atoms with Gasteiger partial charge in [0.15, 0.2) is 5.78 Å². The normalized spacial score (nSPS) is 17.0. The molecule has 1 heterocycles. The summed E-state index contributed by atoms with van der Waals surface area (Å²) in [7, 11) is 0. The SMILES string of the molecule is CC(=O)N1CC(=O)CN1C(C)=O. The van der Waals surface area contributed by atoms with E-state index in [-0.39, 0.29) is 30.7 Å². The summed E-state index contributed by atoms with van der Waals surface area (Å²) in [5.41, 5.74) is 0. The highest BCUT2D eigenvalue weighted by Crippen LogP contribution is 2.07. The first-order valence-electron chi connectivity index (χ1n) is 3.60. The van der Waals surface area contributed by atoms with Crippen LogP contribution in [0.2, 0.25) is 0 Å². The van der Waals surface area contributed by atoms with Crippen molar-refractivity contribution in [3.63, 3.8) is 0 Å². The third-order valence-corrected chi connectivity index (χ3v) is 1.67. The van der Waals surface area contributed by atoms with Gasteiger partial charge in [0.05, 0.1) is 0 Å². The first-order chi connectivity index (χ1) is 5.52. The minimum atomic E-state index is -0.281. The Labute approximate surface area is 69.9 Å². The van der Waals surface area contributed by atoms with Gasteiger partial charge in [0.25, 0.3) is 0 Å². The van der Waals surface area contributed by atoms with E-state index in [4.69, 9.17) is 0 Å². The molecule has 1 aliphatic heterocycles. The second kappa shape index (κ2) is 2.92. The second-order valence-corrected chi connectivity index (χ2v) is 2.69. The summed E-state index contributed by atoms with van der Waals surface area (Å²) in [5.74, 6) is -0.674. The molecule has 0 atom stereocenters. The van der Waals surface area contributed by atoms with Crippen LogP contribution >= 0.6 is 0 Å². The number of carbonyl (C=O) groups excluding carboxylic acids is 3. The quantitative estimate of drug-likeness (QED) is 0.477. The topological polar surface area (TPSA) is 57.7 Å². The van der Waals surface area contributed by atoms with E-state index >= 15 is 0 Å². The predicted molar refractivity (Wildman–Crippen MR) is 39.8 cm³/mol. The van der Waals surface area contributed by atoms with Crippen LogP contribution in [-0.4, -0.2) is 40.7 Å². The van der Waals surface area contributed by atoms with E-state index in [2.05, 4.69) is 0 Å². The Bertz CT molecular complexity index is 225. The van der Waals surface area contributed by atoms with Crippen molar-refractivity contribution in [3.8, 4) is 0 Å². The molecule has 0 aromatic heterocycles. The Morgan fingerprint density at radius 3 is 1.67 bits per heavy atom. The molecule has 0 N–H and O–H groups in total. The van der Waals surface area contributed by atoms with E-state index in [1.165, 1.54) is 13.8 Å². The van der Waals surface area contributed by atoms with Crippen molar-refractivity contribution in [2.45, 2.75) is 13.8 Å². The summed E-state index contributed by atoms with van der Waals surface area (Å²) in [5, 5.41) is 2.31. The third kappa shape index (κ3) is 1.44. The van der Waals surface area contributed by atoms with Crippen LogP contribution < -0.4 is 0 Å². The number of ketones is 1. The van der Waals surface area contributed by atoms with Crippen LogP contribution in [0.25, 0.3) is 0 Å². The zero-order valence-corrected chi connectivity index (χ0v) is 7.03. The maximum Gasteiger partial charge on any atom is 0.238 e. The lowest BCUT2D eigenvalue weighted by Crippen LogP contribution is -2.42. The van der Waals surface area contributed by atoms with Gasteiger partial charge in [-0.15, -0.1) is 0 Å². The highest BCUT2D eigenvalue weighted by atomic mass is 16.2. The average molecular weight is 170 g/mol. The van der Waals surface area contributed by atoms with Crippen LogP contribution in [0.4, 0.5) is 0 Å². The molecule has 0 aromatic carbocycles. The molecule has 5 nitrogen and oxygen atoms in total. The number of Topliss-reactive ketones (excluding diaryl/α,β-unsaturated/α-hetero) is 1. The van der Waals surface area contributed by atoms with E-state index in [1.54, 1.807) is 0 Å². The molecule has 0 unspecified atom stereocenters. The van der Waals surface area contributed by atoms with Crippen molar-refractivity contribution in [1.29, 1.82) is 0 Å². The van der Waals surface area contributed by atoms with Crippen LogP contribution in [0.1, 0.15) is 13.8 Å². The zero-order chi connectivity index (χ0) is 9.30. The predicted octanol–water partition coefficient (Wildman–Crippen LogP) is -0.819. The average Bonchev–Trinajstić information content (AvgIpc) is 2.31. The summed E-state index contributed by atoms with van der Waals surface area (Å²) in [6, 6.07) is 0. The first kappa shape index (κ1) is 8.70. The van der Waals surface area contributed by atoms with E-state index in [1.807, 2.05) is 0 Å². The Morgan fingerprint density at radius 1 is 1.08 bits per heavy atom. The number of hydrogen-bond donors (Lipinski definition) is 0. The molecule has 1 saturated heterocycles. The minimum absolute atomic E-state index is 0.0227. The fourth-order valence-electron chi connectivity index (χ4n) is 1.12. The number of rotatable bonds is 0. The third-order valence-electron chi connectivity index (χ3n) is 1.67. The highest BCUT2D eigenvalue weighted by molar-refractivity contribution is 5.94. The van der Waals surface area contributed by atoms with Gasteiger partial charge in [-0.1, -0.05) is 0 Å². The van der Waals surface area contributed by atoms with Gasteiger partial charge in [-0.25, -0.2) is 10.0 Å². The molecule has 1 aliphatic rings. The number of carbonyl (C=O) groups is 3. The Kier molecular flexibility index (Phi) is 2.12. The fourth-order valence-corrected chi connectivity index (χ4v) is 1.12. The van der Waals surface area contributed by atoms with Crippen molar-refractivity contribution in [3.05, 3.63) is 0 Å². The van der Waals surface area contributed by atoms with Crippen LogP contribution in [0.15, 0.2) is 0 Å². The van der Waals surface area contributed by atoms with Gasteiger partial charge in [0, 0.05) is 13.8 Å². The summed E-state index contributed by atoms with van der Waals surface area (Å²) in [6.45, 7) is 2.70. The lowest BCUT2D eigenvalue weighted by atomic mass is 10.4. The summed E-state index contributed by atoms with van der Waals surface area (Å²) >= 11 is 0. The standard InChI is InChI=1S/C7H10N2O3/c1-5(10)8-3-7(12)4-9(8)6(2)11/h3-4H2,1-2H3. The van der Waals surface area contributed by atoms with Crippen molar-refractivity contribution in [1.82, 2.24) is 10.0 Å². The highest BCUT2D eigenvalue weighted by Gasteiger charge is 2.31. The lowest BCUT2D eigenvalue weighted by Gasteiger charge is -2.23. The molecule has 0 aromatic rings. The molecule has 0 aliphatic carbocycles. The van der Waals surface area contributed by atoms with Crippen molar-refractivity contribution in [2.24, 2.45) is 0 Å². The molecule has 1 rings (SSSR count). The largest absolute Gasteiger partial charge is 0.296 e. The van der Waals surface area contributed by atoms with Gasteiger partial charge in [-0.05, 0) is 0 Å². The number of hydrogen-bond acceptors (Lipinski definition) is 3. The first-order valence-corrected chi connectivity index (χ1v) is 3.60. The minimum Gasteiger partial charge on any atom is -0.296 e. The molecular formula is C7H10N2O3. The van der Waals surface area contributed by atoms with Gasteiger partial charge in [0.2, 0.25) is 11.8 Å². The monoisotopic (exact) mass is 170 g/mol. The molecule has 0 saturated carbocycles. The molecule has 1 fully saturated rings. The Balaban J connectivity index is 2.79. The lowest BCUT2D eigenvalue weighted by molar-refractivity contribution is -0.154. The molecule has 5 heteroatoms. The maximum atomic E-state index is 10.9. The molecule has 12 heavy (non-hydrogen) atoms. The molecule has 66 valence electrons.